The van der Waals surface area contributed by atoms with E-state index in [-0.39, 0.29) is 17.6 Å². The number of piperidine rings is 1. The molecule has 0 saturated carbocycles. The molecule has 1 aromatic heterocycles. The number of hydrogen-bond donors (Lipinski definition) is 1. The van der Waals surface area contributed by atoms with Gasteiger partial charge in [0.25, 0.3) is 0 Å². The average molecular weight is 451 g/mol. The summed E-state index contributed by atoms with van der Waals surface area (Å²) in [4.78, 5) is 23.6. The number of methoxy groups -OCH3 is 2. The first-order valence-corrected chi connectivity index (χ1v) is 10.9. The Morgan fingerprint density at radius 2 is 1.82 bits per heavy atom. The lowest BCUT2D eigenvalue weighted by Gasteiger charge is -2.32. The molecule has 1 aliphatic heterocycles. The first-order valence-electron chi connectivity index (χ1n) is 10.9. The lowest BCUT2D eigenvalue weighted by atomic mass is 9.95. The average Bonchev–Trinajstić information content (AvgIpc) is 2.87. The summed E-state index contributed by atoms with van der Waals surface area (Å²) in [5, 5.41) is 3.04. The van der Waals surface area contributed by atoms with Crippen LogP contribution in [0.1, 0.15) is 18.4 Å². The Balaban J connectivity index is 1.34. The van der Waals surface area contributed by atoms with Gasteiger partial charge in [-0.2, -0.15) is 0 Å². The summed E-state index contributed by atoms with van der Waals surface area (Å²) < 4.78 is 23.9. The fraction of sp³-hybridized carbons (Fsp3) is 0.320. The van der Waals surface area contributed by atoms with E-state index in [2.05, 4.69) is 20.2 Å². The highest BCUT2D eigenvalue weighted by Crippen LogP contribution is 2.27. The number of carbonyl (C=O) groups is 1. The zero-order valence-electron chi connectivity index (χ0n) is 18.8. The van der Waals surface area contributed by atoms with Gasteiger partial charge in [0.15, 0.2) is 0 Å². The molecule has 1 saturated heterocycles. The van der Waals surface area contributed by atoms with Crippen LogP contribution < -0.4 is 19.7 Å². The fourth-order valence-corrected chi connectivity index (χ4v) is 4.02. The molecule has 1 amide bonds. The van der Waals surface area contributed by atoms with Gasteiger partial charge in [0.2, 0.25) is 5.91 Å². The first-order chi connectivity index (χ1) is 16.1. The summed E-state index contributed by atoms with van der Waals surface area (Å²) in [6.45, 7) is 1.83. The molecule has 2 heterocycles. The minimum atomic E-state index is -0.279. The van der Waals surface area contributed by atoms with Crippen LogP contribution in [-0.2, 0) is 11.3 Å². The van der Waals surface area contributed by atoms with Crippen molar-refractivity contribution in [1.29, 1.82) is 0 Å². The number of aromatic nitrogens is 2. The van der Waals surface area contributed by atoms with Gasteiger partial charge in [-0.1, -0.05) is 0 Å². The van der Waals surface area contributed by atoms with Crippen molar-refractivity contribution in [3.05, 3.63) is 66.2 Å². The van der Waals surface area contributed by atoms with E-state index in [0.717, 1.165) is 54.3 Å². The van der Waals surface area contributed by atoms with Crippen LogP contribution in [0.5, 0.6) is 11.5 Å². The molecule has 7 nitrogen and oxygen atoms in total. The number of nitrogens with one attached hydrogen (secondary N) is 1. The van der Waals surface area contributed by atoms with Gasteiger partial charge in [-0.15, -0.1) is 0 Å². The van der Waals surface area contributed by atoms with Crippen LogP contribution in [0.2, 0.25) is 0 Å². The van der Waals surface area contributed by atoms with Gasteiger partial charge in [-0.05, 0) is 55.3 Å². The van der Waals surface area contributed by atoms with Crippen molar-refractivity contribution in [3.8, 4) is 22.8 Å². The molecule has 0 bridgehead atoms. The molecule has 1 N–H and O–H groups in total. The predicted octanol–water partition coefficient (Wildman–Crippen LogP) is 3.83. The molecule has 33 heavy (non-hydrogen) atoms. The molecule has 8 heteroatoms. The second-order valence-electron chi connectivity index (χ2n) is 7.93. The minimum absolute atomic E-state index is 0.0363. The van der Waals surface area contributed by atoms with Gasteiger partial charge in [0.05, 0.1) is 19.9 Å². The standard InChI is InChI=1S/C25H27FN4O3/c1-32-21-7-8-23(33-2)19(13-21)15-27-25(31)18-9-11-30(12-10-18)24-14-22(28-16-29-24)17-3-5-20(26)6-4-17/h3-8,13-14,16,18H,9-12,15H2,1-2H3,(H,27,31). The van der Waals surface area contributed by atoms with Gasteiger partial charge in [0.1, 0.15) is 29.5 Å². The first kappa shape index (κ1) is 22.5. The van der Waals surface area contributed by atoms with E-state index in [1.807, 2.05) is 24.3 Å². The van der Waals surface area contributed by atoms with Gasteiger partial charge in [0, 0.05) is 42.7 Å². The Hall–Kier alpha value is -3.68. The van der Waals surface area contributed by atoms with Crippen molar-refractivity contribution in [2.45, 2.75) is 19.4 Å². The van der Waals surface area contributed by atoms with Crippen molar-refractivity contribution >= 4 is 11.7 Å². The zero-order valence-corrected chi connectivity index (χ0v) is 18.8. The van der Waals surface area contributed by atoms with Crippen LogP contribution >= 0.6 is 0 Å². The van der Waals surface area contributed by atoms with Crippen molar-refractivity contribution in [2.75, 3.05) is 32.2 Å². The normalized spacial score (nSPS) is 14.1. The van der Waals surface area contributed by atoms with E-state index in [9.17, 15) is 9.18 Å². The molecule has 0 atom stereocenters. The molecule has 0 unspecified atom stereocenters. The van der Waals surface area contributed by atoms with E-state index < -0.39 is 0 Å². The summed E-state index contributed by atoms with van der Waals surface area (Å²) in [6, 6.07) is 13.7. The third-order valence-electron chi connectivity index (χ3n) is 5.92. The Bertz CT molecular complexity index is 1100. The number of halogens is 1. The van der Waals surface area contributed by atoms with Crippen molar-refractivity contribution in [1.82, 2.24) is 15.3 Å². The van der Waals surface area contributed by atoms with Crippen LogP contribution in [0.25, 0.3) is 11.3 Å². The van der Waals surface area contributed by atoms with Crippen LogP contribution in [-0.4, -0.2) is 43.2 Å². The van der Waals surface area contributed by atoms with E-state index in [1.165, 1.54) is 18.5 Å². The third-order valence-corrected chi connectivity index (χ3v) is 5.92. The number of carbonyl (C=O) groups excluding carboxylic acids is 1. The number of benzene rings is 2. The Labute approximate surface area is 192 Å². The summed E-state index contributed by atoms with van der Waals surface area (Å²) in [6.07, 6.45) is 2.99. The molecule has 2 aromatic carbocycles. The van der Waals surface area contributed by atoms with Crippen LogP contribution in [0.4, 0.5) is 10.2 Å². The van der Waals surface area contributed by atoms with E-state index >= 15 is 0 Å². The molecule has 4 rings (SSSR count). The Morgan fingerprint density at radius 1 is 1.06 bits per heavy atom. The maximum absolute atomic E-state index is 13.2. The highest BCUT2D eigenvalue weighted by atomic mass is 19.1. The van der Waals surface area contributed by atoms with Gasteiger partial charge in [-0.25, -0.2) is 14.4 Å². The largest absolute Gasteiger partial charge is 0.497 e. The number of hydrogen-bond acceptors (Lipinski definition) is 6. The molecular formula is C25H27FN4O3. The Morgan fingerprint density at radius 3 is 2.52 bits per heavy atom. The van der Waals surface area contributed by atoms with E-state index in [4.69, 9.17) is 9.47 Å². The monoisotopic (exact) mass is 450 g/mol. The second kappa shape index (κ2) is 10.3. The SMILES string of the molecule is COc1ccc(OC)c(CNC(=O)C2CCN(c3cc(-c4ccc(F)cc4)ncn3)CC2)c1. The van der Waals surface area contributed by atoms with Crippen LogP contribution in [0, 0.1) is 11.7 Å². The van der Waals surface area contributed by atoms with Crippen molar-refractivity contribution in [2.24, 2.45) is 5.92 Å². The topological polar surface area (TPSA) is 76.6 Å². The molecule has 0 spiro atoms. The minimum Gasteiger partial charge on any atom is -0.497 e. The third kappa shape index (κ3) is 5.39. The van der Waals surface area contributed by atoms with Crippen molar-refractivity contribution in [3.63, 3.8) is 0 Å². The Kier molecular flexibility index (Phi) is 7.02. The number of ether oxygens (including phenoxy) is 2. The molecule has 3 aromatic rings. The maximum atomic E-state index is 13.2. The highest BCUT2D eigenvalue weighted by Gasteiger charge is 2.26. The number of amides is 1. The summed E-state index contributed by atoms with van der Waals surface area (Å²) in [7, 11) is 3.22. The molecular weight excluding hydrogens is 423 g/mol. The summed E-state index contributed by atoms with van der Waals surface area (Å²) in [5.41, 5.74) is 2.45. The lowest BCUT2D eigenvalue weighted by Crippen LogP contribution is -2.40. The molecule has 1 fully saturated rings. The van der Waals surface area contributed by atoms with E-state index in [0.29, 0.717) is 12.3 Å². The van der Waals surface area contributed by atoms with Gasteiger partial charge >= 0.3 is 0 Å². The molecule has 172 valence electrons. The van der Waals surface area contributed by atoms with Crippen LogP contribution in [0.15, 0.2) is 54.9 Å². The fourth-order valence-electron chi connectivity index (χ4n) is 4.02. The molecule has 0 radical (unpaired) electrons. The van der Waals surface area contributed by atoms with Crippen molar-refractivity contribution < 1.29 is 18.7 Å². The summed E-state index contributed by atoms with van der Waals surface area (Å²) >= 11 is 0. The smallest absolute Gasteiger partial charge is 0.223 e. The lowest BCUT2D eigenvalue weighted by molar-refractivity contribution is -0.125. The zero-order chi connectivity index (χ0) is 23.2. The number of nitrogens with zero attached hydrogens (tertiary/aromatic N) is 3. The maximum Gasteiger partial charge on any atom is 0.223 e. The predicted molar refractivity (Wildman–Crippen MR) is 124 cm³/mol. The number of rotatable bonds is 7. The second-order valence-corrected chi connectivity index (χ2v) is 7.93. The highest BCUT2D eigenvalue weighted by molar-refractivity contribution is 5.79. The van der Waals surface area contributed by atoms with Gasteiger partial charge < -0.3 is 19.7 Å². The molecule has 1 aliphatic rings. The van der Waals surface area contributed by atoms with E-state index in [1.54, 1.807) is 26.4 Å². The van der Waals surface area contributed by atoms with Gasteiger partial charge in [-0.3, -0.25) is 4.79 Å². The summed E-state index contributed by atoms with van der Waals surface area (Å²) in [5.74, 6) is 1.94. The molecule has 0 aliphatic carbocycles. The number of anilines is 1. The quantitative estimate of drug-likeness (QED) is 0.590. The van der Waals surface area contributed by atoms with Crippen LogP contribution in [0.3, 0.4) is 0 Å².